The van der Waals surface area contributed by atoms with Crippen LogP contribution in [0, 0.1) is 0 Å². The molecule has 1 saturated heterocycles. The zero-order chi connectivity index (χ0) is 10.4. The van der Waals surface area contributed by atoms with E-state index in [1.165, 1.54) is 0 Å². The Balaban J connectivity index is 2.30. The van der Waals surface area contributed by atoms with E-state index in [4.69, 9.17) is 21.7 Å². The van der Waals surface area contributed by atoms with Crippen molar-refractivity contribution in [2.45, 2.75) is 18.9 Å². The van der Waals surface area contributed by atoms with Crippen LogP contribution in [0.3, 0.4) is 0 Å². The van der Waals surface area contributed by atoms with Gasteiger partial charge in [-0.1, -0.05) is 0 Å². The third kappa shape index (κ3) is 3.08. The molecule has 82 valence electrons. The van der Waals surface area contributed by atoms with E-state index >= 15 is 0 Å². The summed E-state index contributed by atoms with van der Waals surface area (Å²) in [5, 5.41) is 6.84. The summed E-state index contributed by atoms with van der Waals surface area (Å²) in [5.74, 6) is 0. The van der Waals surface area contributed by atoms with Crippen molar-refractivity contribution in [1.82, 2.24) is 10.6 Å². The number of rotatable bonds is 4. The molecule has 0 aromatic heterocycles. The molecule has 0 aromatic carbocycles. The highest BCUT2D eigenvalue weighted by molar-refractivity contribution is 7.80. The van der Waals surface area contributed by atoms with Crippen molar-refractivity contribution >= 4 is 17.3 Å². The van der Waals surface area contributed by atoms with Crippen LogP contribution in [0.5, 0.6) is 0 Å². The lowest BCUT2D eigenvalue weighted by atomic mass is 10.0. The molecule has 1 unspecified atom stereocenters. The first-order chi connectivity index (χ1) is 6.72. The van der Waals surface area contributed by atoms with E-state index in [9.17, 15) is 0 Å². The van der Waals surface area contributed by atoms with Gasteiger partial charge >= 0.3 is 0 Å². The maximum absolute atomic E-state index is 5.45. The summed E-state index contributed by atoms with van der Waals surface area (Å²) in [4.78, 5) is 0. The standard InChI is InChI=1S/C9H18N2O2S/c1-3-10-8(14)11-6-9(12-2)4-5-13-7-9/h3-7H2,1-2H3,(H2,10,11,14). The Morgan fingerprint density at radius 2 is 2.36 bits per heavy atom. The van der Waals surface area contributed by atoms with Crippen LogP contribution in [0.15, 0.2) is 0 Å². The molecule has 1 heterocycles. The van der Waals surface area contributed by atoms with E-state index in [0.29, 0.717) is 18.3 Å². The molecular formula is C9H18N2O2S. The SMILES string of the molecule is CCNC(=S)NCC1(OC)CCOC1. The van der Waals surface area contributed by atoms with E-state index < -0.39 is 0 Å². The minimum Gasteiger partial charge on any atom is -0.378 e. The number of methoxy groups -OCH3 is 1. The van der Waals surface area contributed by atoms with E-state index in [-0.39, 0.29) is 5.60 Å². The van der Waals surface area contributed by atoms with Crippen LogP contribution < -0.4 is 10.6 Å². The zero-order valence-corrected chi connectivity index (χ0v) is 9.58. The molecule has 0 spiro atoms. The van der Waals surface area contributed by atoms with Gasteiger partial charge < -0.3 is 20.1 Å². The summed E-state index contributed by atoms with van der Waals surface area (Å²) in [7, 11) is 1.71. The van der Waals surface area contributed by atoms with Crippen LogP contribution in [0.4, 0.5) is 0 Å². The maximum Gasteiger partial charge on any atom is 0.166 e. The third-order valence-electron chi connectivity index (χ3n) is 2.41. The smallest absolute Gasteiger partial charge is 0.166 e. The Labute approximate surface area is 90.3 Å². The molecule has 1 aliphatic rings. The minimum absolute atomic E-state index is 0.195. The Morgan fingerprint density at radius 1 is 1.57 bits per heavy atom. The topological polar surface area (TPSA) is 42.5 Å². The fourth-order valence-corrected chi connectivity index (χ4v) is 1.64. The van der Waals surface area contributed by atoms with Crippen molar-refractivity contribution < 1.29 is 9.47 Å². The van der Waals surface area contributed by atoms with Gasteiger partial charge in [0.25, 0.3) is 0 Å². The average molecular weight is 218 g/mol. The normalized spacial score (nSPS) is 26.1. The predicted octanol–water partition coefficient (Wildman–Crippen LogP) is 0.276. The molecule has 1 fully saturated rings. The molecule has 1 rings (SSSR count). The van der Waals surface area contributed by atoms with Crippen LogP contribution in [-0.2, 0) is 9.47 Å². The molecule has 0 radical (unpaired) electrons. The zero-order valence-electron chi connectivity index (χ0n) is 8.76. The summed E-state index contributed by atoms with van der Waals surface area (Å²) >= 11 is 5.07. The molecule has 14 heavy (non-hydrogen) atoms. The summed E-state index contributed by atoms with van der Waals surface area (Å²) in [6.45, 7) is 4.96. The fourth-order valence-electron chi connectivity index (χ4n) is 1.43. The van der Waals surface area contributed by atoms with Gasteiger partial charge in [0.15, 0.2) is 5.11 Å². The maximum atomic E-state index is 5.45. The lowest BCUT2D eigenvalue weighted by Gasteiger charge is -2.26. The quantitative estimate of drug-likeness (QED) is 0.663. The summed E-state index contributed by atoms with van der Waals surface area (Å²) in [6.07, 6.45) is 0.922. The van der Waals surface area contributed by atoms with Crippen LogP contribution in [0.1, 0.15) is 13.3 Å². The molecular weight excluding hydrogens is 200 g/mol. The second-order valence-electron chi connectivity index (χ2n) is 3.40. The molecule has 0 saturated carbocycles. The van der Waals surface area contributed by atoms with Gasteiger partial charge in [0.05, 0.1) is 6.61 Å². The van der Waals surface area contributed by atoms with E-state index in [1.54, 1.807) is 7.11 Å². The van der Waals surface area contributed by atoms with Crippen molar-refractivity contribution in [2.75, 3.05) is 33.4 Å². The molecule has 0 aromatic rings. The number of nitrogens with one attached hydrogen (secondary N) is 2. The second-order valence-corrected chi connectivity index (χ2v) is 3.81. The molecule has 1 aliphatic heterocycles. The lowest BCUT2D eigenvalue weighted by molar-refractivity contribution is -0.0126. The minimum atomic E-state index is -0.195. The van der Waals surface area contributed by atoms with Crippen molar-refractivity contribution in [2.24, 2.45) is 0 Å². The first kappa shape index (κ1) is 11.7. The van der Waals surface area contributed by atoms with Gasteiger partial charge in [-0.25, -0.2) is 0 Å². The van der Waals surface area contributed by atoms with Crippen LogP contribution in [0.2, 0.25) is 0 Å². The van der Waals surface area contributed by atoms with Gasteiger partial charge in [0.2, 0.25) is 0 Å². The van der Waals surface area contributed by atoms with Crippen molar-refractivity contribution in [1.29, 1.82) is 0 Å². The number of thiocarbonyl (C=S) groups is 1. The van der Waals surface area contributed by atoms with Gasteiger partial charge in [-0.3, -0.25) is 0 Å². The van der Waals surface area contributed by atoms with Gasteiger partial charge in [0, 0.05) is 33.2 Å². The van der Waals surface area contributed by atoms with Crippen LogP contribution >= 0.6 is 12.2 Å². The van der Waals surface area contributed by atoms with Crippen molar-refractivity contribution in [3.05, 3.63) is 0 Å². The Hall–Kier alpha value is -0.390. The summed E-state index contributed by atoms with van der Waals surface area (Å²) < 4.78 is 10.8. The van der Waals surface area contributed by atoms with E-state index in [2.05, 4.69) is 10.6 Å². The highest BCUT2D eigenvalue weighted by atomic mass is 32.1. The molecule has 1 atom stereocenters. The Morgan fingerprint density at radius 3 is 2.86 bits per heavy atom. The predicted molar refractivity (Wildman–Crippen MR) is 59.5 cm³/mol. The average Bonchev–Trinajstić information content (AvgIpc) is 2.65. The monoisotopic (exact) mass is 218 g/mol. The summed E-state index contributed by atoms with van der Waals surface area (Å²) in [6, 6.07) is 0. The van der Waals surface area contributed by atoms with Gasteiger partial charge in [-0.15, -0.1) is 0 Å². The highest BCUT2D eigenvalue weighted by Crippen LogP contribution is 2.21. The Bertz CT molecular complexity index is 193. The first-order valence-electron chi connectivity index (χ1n) is 4.87. The number of hydrogen-bond donors (Lipinski definition) is 2. The molecule has 2 N–H and O–H groups in total. The number of hydrogen-bond acceptors (Lipinski definition) is 3. The fraction of sp³-hybridized carbons (Fsp3) is 0.889. The molecule has 0 aliphatic carbocycles. The molecule has 0 bridgehead atoms. The largest absolute Gasteiger partial charge is 0.378 e. The van der Waals surface area contributed by atoms with Crippen molar-refractivity contribution in [3.8, 4) is 0 Å². The number of ether oxygens (including phenoxy) is 2. The summed E-state index contributed by atoms with van der Waals surface area (Å²) in [5.41, 5.74) is -0.195. The van der Waals surface area contributed by atoms with Crippen LogP contribution in [0.25, 0.3) is 0 Å². The lowest BCUT2D eigenvalue weighted by Crippen LogP contribution is -2.47. The highest BCUT2D eigenvalue weighted by Gasteiger charge is 2.34. The Kier molecular flexibility index (Phi) is 4.57. The molecule has 5 heteroatoms. The van der Waals surface area contributed by atoms with Crippen molar-refractivity contribution in [3.63, 3.8) is 0 Å². The molecule has 4 nitrogen and oxygen atoms in total. The first-order valence-corrected chi connectivity index (χ1v) is 5.28. The van der Waals surface area contributed by atoms with Gasteiger partial charge in [0.1, 0.15) is 5.60 Å². The van der Waals surface area contributed by atoms with Crippen LogP contribution in [-0.4, -0.2) is 44.1 Å². The molecule has 0 amide bonds. The third-order valence-corrected chi connectivity index (χ3v) is 2.70. The van der Waals surface area contributed by atoms with Gasteiger partial charge in [-0.2, -0.15) is 0 Å². The van der Waals surface area contributed by atoms with E-state index in [0.717, 1.165) is 19.6 Å². The van der Waals surface area contributed by atoms with E-state index in [1.807, 2.05) is 6.92 Å². The van der Waals surface area contributed by atoms with Gasteiger partial charge in [-0.05, 0) is 19.1 Å². The second kappa shape index (κ2) is 5.48.